The minimum Gasteiger partial charge on any atom is -0.450 e. The average Bonchev–Trinajstić information content (AvgIpc) is 3.53. The summed E-state index contributed by atoms with van der Waals surface area (Å²) in [5, 5.41) is 12.6. The van der Waals surface area contributed by atoms with Crippen molar-refractivity contribution in [3.8, 4) is 28.6 Å². The van der Waals surface area contributed by atoms with Crippen LogP contribution in [0.4, 0.5) is 10.5 Å². The van der Waals surface area contributed by atoms with E-state index in [1.54, 1.807) is 12.3 Å². The van der Waals surface area contributed by atoms with Gasteiger partial charge in [-0.1, -0.05) is 25.5 Å². The van der Waals surface area contributed by atoms with E-state index in [-0.39, 0.29) is 0 Å². The van der Waals surface area contributed by atoms with E-state index >= 15 is 0 Å². The Kier molecular flexibility index (Phi) is 6.97. The Morgan fingerprint density at radius 1 is 1.29 bits per heavy atom. The van der Waals surface area contributed by atoms with Crippen molar-refractivity contribution in [3.63, 3.8) is 0 Å². The monoisotopic (exact) mass is 509 g/mol. The number of hydrogen-bond donors (Lipinski definition) is 2. The molecule has 38 heavy (non-hydrogen) atoms. The number of aromatic amines is 1. The standard InChI is InChI=1S/C29H31N7O2/c1-4-5-13-38-28(37)35-29(3)10-12-36(18-29)25-22(21-8-6-7-20(14-21)15-30)16-31-17-23(25)26-33-24-19(2)9-11-32-27(24)34-26/h6-9,11,14,16-17H,4-5,10,12-13,18H2,1-3H3,(H,35,37)(H,32,33,34)/t29-/m0/s1. The molecule has 3 aromatic heterocycles. The zero-order valence-electron chi connectivity index (χ0n) is 21.9. The van der Waals surface area contributed by atoms with E-state index in [9.17, 15) is 10.1 Å². The molecule has 1 fully saturated rings. The van der Waals surface area contributed by atoms with Crippen LogP contribution in [-0.4, -0.2) is 51.3 Å². The van der Waals surface area contributed by atoms with Crippen molar-refractivity contribution < 1.29 is 9.53 Å². The third kappa shape index (κ3) is 5.02. The predicted octanol–water partition coefficient (Wildman–Crippen LogP) is 5.36. The van der Waals surface area contributed by atoms with Crippen LogP contribution in [0.2, 0.25) is 0 Å². The van der Waals surface area contributed by atoms with Gasteiger partial charge in [-0.25, -0.2) is 14.8 Å². The fraction of sp³-hybridized carbons (Fsp3) is 0.345. The van der Waals surface area contributed by atoms with Crippen LogP contribution < -0.4 is 10.2 Å². The van der Waals surface area contributed by atoms with Crippen molar-refractivity contribution in [3.05, 3.63) is 60.0 Å². The van der Waals surface area contributed by atoms with Gasteiger partial charge >= 0.3 is 6.09 Å². The van der Waals surface area contributed by atoms with E-state index in [1.165, 1.54) is 0 Å². The lowest BCUT2D eigenvalue weighted by atomic mass is 9.99. The molecule has 1 amide bonds. The SMILES string of the molecule is CCCCOC(=O)N[C@@]1(C)CCN(c2c(-c3cccc(C#N)c3)cncc2-c2nc3nccc(C)c3[nH]2)C1. The third-order valence-electron chi connectivity index (χ3n) is 7.00. The summed E-state index contributed by atoms with van der Waals surface area (Å²) >= 11 is 0. The second kappa shape index (κ2) is 10.5. The van der Waals surface area contributed by atoms with Crippen molar-refractivity contribution in [1.29, 1.82) is 5.26 Å². The van der Waals surface area contributed by atoms with Crippen LogP contribution >= 0.6 is 0 Å². The van der Waals surface area contributed by atoms with Crippen LogP contribution in [0.25, 0.3) is 33.7 Å². The lowest BCUT2D eigenvalue weighted by molar-refractivity contribution is 0.134. The largest absolute Gasteiger partial charge is 0.450 e. The second-order valence-corrected chi connectivity index (χ2v) is 10.0. The van der Waals surface area contributed by atoms with E-state index in [0.717, 1.165) is 52.7 Å². The smallest absolute Gasteiger partial charge is 0.407 e. The summed E-state index contributed by atoms with van der Waals surface area (Å²) in [5.41, 5.74) is 6.24. The number of unbranched alkanes of at least 4 members (excludes halogenated alkanes) is 1. The molecule has 0 saturated carbocycles. The molecule has 1 atom stereocenters. The van der Waals surface area contributed by atoms with Crippen molar-refractivity contribution >= 4 is 22.9 Å². The molecule has 5 rings (SSSR count). The number of amides is 1. The summed E-state index contributed by atoms with van der Waals surface area (Å²) in [5.74, 6) is 0.670. The molecule has 0 radical (unpaired) electrons. The zero-order valence-corrected chi connectivity index (χ0v) is 21.9. The normalized spacial score (nSPS) is 16.9. The number of aryl methyl sites for hydroxylation is 1. The molecule has 9 nitrogen and oxygen atoms in total. The molecule has 9 heteroatoms. The van der Waals surface area contributed by atoms with Crippen LogP contribution in [0, 0.1) is 18.3 Å². The minimum absolute atomic E-state index is 0.390. The Morgan fingerprint density at radius 3 is 2.92 bits per heavy atom. The van der Waals surface area contributed by atoms with Crippen LogP contribution in [-0.2, 0) is 4.74 Å². The van der Waals surface area contributed by atoms with E-state index in [4.69, 9.17) is 9.72 Å². The lowest BCUT2D eigenvalue weighted by Crippen LogP contribution is -2.48. The molecule has 194 valence electrons. The number of ether oxygens (including phenoxy) is 1. The maximum Gasteiger partial charge on any atom is 0.407 e. The Hall–Kier alpha value is -4.45. The van der Waals surface area contributed by atoms with Crippen molar-refractivity contribution in [2.75, 3.05) is 24.6 Å². The summed E-state index contributed by atoms with van der Waals surface area (Å²) < 4.78 is 5.38. The quantitative estimate of drug-likeness (QED) is 0.322. The number of imidazole rings is 1. The van der Waals surface area contributed by atoms with Crippen molar-refractivity contribution in [2.24, 2.45) is 0 Å². The number of hydrogen-bond acceptors (Lipinski definition) is 7. The summed E-state index contributed by atoms with van der Waals surface area (Å²) in [6, 6.07) is 11.7. The van der Waals surface area contributed by atoms with E-state index in [2.05, 4.69) is 38.2 Å². The number of anilines is 1. The number of H-pyrrole nitrogens is 1. The van der Waals surface area contributed by atoms with Gasteiger partial charge in [0.25, 0.3) is 0 Å². The van der Waals surface area contributed by atoms with Crippen LogP contribution in [0.1, 0.15) is 44.2 Å². The first kappa shape index (κ1) is 25.2. The molecule has 0 bridgehead atoms. The Bertz CT molecular complexity index is 1520. The van der Waals surface area contributed by atoms with Gasteiger partial charge in [0, 0.05) is 37.2 Å². The van der Waals surface area contributed by atoms with E-state index < -0.39 is 11.6 Å². The predicted molar refractivity (Wildman–Crippen MR) is 147 cm³/mol. The van der Waals surface area contributed by atoms with Gasteiger partial charge in [0.2, 0.25) is 0 Å². The number of fused-ring (bicyclic) bond motifs is 1. The highest BCUT2D eigenvalue weighted by molar-refractivity contribution is 5.91. The highest BCUT2D eigenvalue weighted by Crippen LogP contribution is 2.41. The summed E-state index contributed by atoms with van der Waals surface area (Å²) in [6.45, 7) is 7.83. The number of nitriles is 1. The molecule has 1 aliphatic rings. The number of nitrogens with one attached hydrogen (secondary N) is 2. The van der Waals surface area contributed by atoms with E-state index in [1.807, 2.05) is 50.5 Å². The molecule has 1 saturated heterocycles. The lowest BCUT2D eigenvalue weighted by Gasteiger charge is -2.28. The highest BCUT2D eigenvalue weighted by atomic mass is 16.5. The summed E-state index contributed by atoms with van der Waals surface area (Å²) in [7, 11) is 0. The van der Waals surface area contributed by atoms with Gasteiger partial charge < -0.3 is 19.9 Å². The minimum atomic E-state index is -0.471. The first-order valence-electron chi connectivity index (χ1n) is 12.9. The third-order valence-corrected chi connectivity index (χ3v) is 7.00. The maximum atomic E-state index is 12.5. The van der Waals surface area contributed by atoms with Gasteiger partial charge in [0.15, 0.2) is 5.65 Å². The summed E-state index contributed by atoms with van der Waals surface area (Å²) in [6.07, 6.45) is 7.55. The molecule has 4 aromatic rings. The first-order chi connectivity index (χ1) is 18.4. The molecular formula is C29H31N7O2. The number of aromatic nitrogens is 4. The molecule has 0 unspecified atom stereocenters. The molecule has 0 aliphatic carbocycles. The Balaban J connectivity index is 1.56. The molecule has 1 aliphatic heterocycles. The fourth-order valence-corrected chi connectivity index (χ4v) is 4.94. The zero-order chi connectivity index (χ0) is 26.7. The highest BCUT2D eigenvalue weighted by Gasteiger charge is 2.38. The van der Waals surface area contributed by atoms with Gasteiger partial charge in [0.05, 0.1) is 40.5 Å². The molecule has 0 spiro atoms. The van der Waals surface area contributed by atoms with Gasteiger partial charge in [-0.15, -0.1) is 0 Å². The number of carbonyl (C=O) groups is 1. The fourth-order valence-electron chi connectivity index (χ4n) is 4.94. The number of carbonyl (C=O) groups excluding carboxylic acids is 1. The van der Waals surface area contributed by atoms with Gasteiger partial charge in [0.1, 0.15) is 5.82 Å². The second-order valence-electron chi connectivity index (χ2n) is 10.0. The van der Waals surface area contributed by atoms with Crippen molar-refractivity contribution in [1.82, 2.24) is 25.3 Å². The number of alkyl carbamates (subject to hydrolysis) is 1. The maximum absolute atomic E-state index is 12.5. The molecule has 4 heterocycles. The Labute approximate surface area is 221 Å². The van der Waals surface area contributed by atoms with E-state index in [0.29, 0.717) is 36.7 Å². The summed E-state index contributed by atoms with van der Waals surface area (Å²) in [4.78, 5) is 32.0. The van der Waals surface area contributed by atoms with Crippen molar-refractivity contribution in [2.45, 2.75) is 45.6 Å². The van der Waals surface area contributed by atoms with Gasteiger partial charge in [-0.3, -0.25) is 4.98 Å². The first-order valence-corrected chi connectivity index (χ1v) is 12.9. The number of pyridine rings is 2. The average molecular weight is 510 g/mol. The Morgan fingerprint density at radius 2 is 2.13 bits per heavy atom. The molecule has 2 N–H and O–H groups in total. The topological polar surface area (TPSA) is 120 Å². The van der Waals surface area contributed by atoms with Crippen LogP contribution in [0.3, 0.4) is 0 Å². The van der Waals surface area contributed by atoms with Crippen LogP contribution in [0.15, 0.2) is 48.9 Å². The number of nitrogens with zero attached hydrogens (tertiary/aromatic N) is 5. The van der Waals surface area contributed by atoms with Gasteiger partial charge in [-0.2, -0.15) is 5.26 Å². The molecule has 1 aromatic carbocycles. The van der Waals surface area contributed by atoms with Crippen LogP contribution in [0.5, 0.6) is 0 Å². The number of benzene rings is 1. The van der Waals surface area contributed by atoms with Gasteiger partial charge in [-0.05, 0) is 56.0 Å². The molecular weight excluding hydrogens is 478 g/mol. The number of rotatable bonds is 7.